The molecule has 1 aromatic heterocycles. The Balaban J connectivity index is 1.45. The van der Waals surface area contributed by atoms with Crippen molar-refractivity contribution in [2.24, 2.45) is 5.41 Å². The number of carbonyl (C=O) groups is 2. The SMILES string of the molecule is CC[C@@]1(C)CN(c2ccccc2)c2nc(Nc3ccc(C(=O)N[C@H]4CCCNC4)cc3OC)ncc2N(C)C1=O. The lowest BCUT2D eigenvalue weighted by Crippen LogP contribution is -2.45. The summed E-state index contributed by atoms with van der Waals surface area (Å²) >= 11 is 0. The summed E-state index contributed by atoms with van der Waals surface area (Å²) in [5, 5.41) is 9.66. The number of ether oxygens (including phenoxy) is 1. The van der Waals surface area contributed by atoms with Gasteiger partial charge in [-0.05, 0) is 63.1 Å². The van der Waals surface area contributed by atoms with E-state index in [1.165, 1.54) is 0 Å². The van der Waals surface area contributed by atoms with Crippen molar-refractivity contribution in [2.45, 2.75) is 39.2 Å². The van der Waals surface area contributed by atoms with Crippen molar-refractivity contribution in [1.29, 1.82) is 0 Å². The molecule has 1 fully saturated rings. The van der Waals surface area contributed by atoms with Crippen LogP contribution < -0.4 is 30.5 Å². The Hall–Kier alpha value is -4.18. The fourth-order valence-electron chi connectivity index (χ4n) is 5.25. The molecule has 2 aliphatic rings. The maximum Gasteiger partial charge on any atom is 0.251 e. The molecule has 210 valence electrons. The molecule has 0 aliphatic carbocycles. The number of rotatable bonds is 7. The van der Waals surface area contributed by atoms with Crippen LogP contribution >= 0.6 is 0 Å². The Bertz CT molecular complexity index is 1380. The zero-order valence-corrected chi connectivity index (χ0v) is 23.5. The minimum absolute atomic E-state index is 0.0264. The quantitative estimate of drug-likeness (QED) is 0.406. The second-order valence-corrected chi connectivity index (χ2v) is 10.7. The molecule has 0 radical (unpaired) electrons. The van der Waals surface area contributed by atoms with E-state index in [9.17, 15) is 9.59 Å². The third-order valence-corrected chi connectivity index (χ3v) is 7.89. The summed E-state index contributed by atoms with van der Waals surface area (Å²) in [6.07, 6.45) is 4.36. The van der Waals surface area contributed by atoms with Gasteiger partial charge in [0.2, 0.25) is 11.9 Å². The highest BCUT2D eigenvalue weighted by Gasteiger charge is 2.41. The van der Waals surface area contributed by atoms with Gasteiger partial charge in [-0.1, -0.05) is 25.1 Å². The van der Waals surface area contributed by atoms with Gasteiger partial charge in [0.15, 0.2) is 5.82 Å². The molecule has 2 amide bonds. The molecule has 2 aliphatic heterocycles. The number of nitrogens with one attached hydrogen (secondary N) is 3. The number of para-hydroxylation sites is 1. The summed E-state index contributed by atoms with van der Waals surface area (Å²) in [7, 11) is 3.34. The average Bonchev–Trinajstić information content (AvgIpc) is 3.07. The van der Waals surface area contributed by atoms with E-state index >= 15 is 0 Å². The summed E-state index contributed by atoms with van der Waals surface area (Å²) < 4.78 is 5.62. The first-order valence-electron chi connectivity index (χ1n) is 13.8. The van der Waals surface area contributed by atoms with Gasteiger partial charge in [-0.15, -0.1) is 0 Å². The summed E-state index contributed by atoms with van der Waals surface area (Å²) in [4.78, 5) is 39.5. The number of aromatic nitrogens is 2. The number of fused-ring (bicyclic) bond motifs is 1. The fourth-order valence-corrected chi connectivity index (χ4v) is 5.25. The van der Waals surface area contributed by atoms with Crippen molar-refractivity contribution in [3.8, 4) is 5.75 Å². The summed E-state index contributed by atoms with van der Waals surface area (Å²) in [6.45, 7) is 6.26. The number of piperidine rings is 1. The minimum Gasteiger partial charge on any atom is -0.495 e. The highest BCUT2D eigenvalue weighted by atomic mass is 16.5. The minimum atomic E-state index is -0.605. The number of anilines is 5. The zero-order valence-electron chi connectivity index (χ0n) is 23.5. The second kappa shape index (κ2) is 11.5. The smallest absolute Gasteiger partial charge is 0.251 e. The number of benzene rings is 2. The first-order valence-corrected chi connectivity index (χ1v) is 13.8. The molecule has 3 N–H and O–H groups in total. The Labute approximate surface area is 235 Å². The summed E-state index contributed by atoms with van der Waals surface area (Å²) in [5.41, 5.74) is 2.11. The summed E-state index contributed by atoms with van der Waals surface area (Å²) in [6, 6.07) is 15.3. The van der Waals surface area contributed by atoms with Crippen LogP contribution in [0, 0.1) is 5.41 Å². The average molecular weight is 544 g/mol. The monoisotopic (exact) mass is 543 g/mol. The molecule has 0 unspecified atom stereocenters. The Morgan fingerprint density at radius 2 is 2.02 bits per heavy atom. The van der Waals surface area contributed by atoms with Crippen molar-refractivity contribution in [3.05, 3.63) is 60.3 Å². The number of carbonyl (C=O) groups excluding carboxylic acids is 2. The van der Waals surface area contributed by atoms with Crippen LogP contribution in [0.25, 0.3) is 0 Å². The van der Waals surface area contributed by atoms with Crippen molar-refractivity contribution in [3.63, 3.8) is 0 Å². The lowest BCUT2D eigenvalue weighted by atomic mass is 9.85. The topological polar surface area (TPSA) is 112 Å². The fraction of sp³-hybridized carbons (Fsp3) is 0.400. The summed E-state index contributed by atoms with van der Waals surface area (Å²) in [5.74, 6) is 1.37. The van der Waals surface area contributed by atoms with Gasteiger partial charge in [0.05, 0.1) is 24.4 Å². The van der Waals surface area contributed by atoms with Crippen LogP contribution in [0.5, 0.6) is 5.75 Å². The van der Waals surface area contributed by atoms with E-state index < -0.39 is 5.41 Å². The second-order valence-electron chi connectivity index (χ2n) is 10.7. The first-order chi connectivity index (χ1) is 19.3. The van der Waals surface area contributed by atoms with Gasteiger partial charge in [0.1, 0.15) is 11.4 Å². The Morgan fingerprint density at radius 1 is 1.23 bits per heavy atom. The third kappa shape index (κ3) is 5.44. The van der Waals surface area contributed by atoms with E-state index in [1.54, 1.807) is 43.5 Å². The van der Waals surface area contributed by atoms with Gasteiger partial charge >= 0.3 is 0 Å². The normalized spacial score (nSPS) is 20.9. The Morgan fingerprint density at radius 3 is 2.73 bits per heavy atom. The van der Waals surface area contributed by atoms with Gasteiger partial charge < -0.3 is 30.5 Å². The van der Waals surface area contributed by atoms with E-state index in [2.05, 4.69) is 25.8 Å². The van der Waals surface area contributed by atoms with Crippen LogP contribution in [-0.2, 0) is 4.79 Å². The molecule has 0 spiro atoms. The van der Waals surface area contributed by atoms with Crippen LogP contribution in [-0.4, -0.2) is 61.6 Å². The van der Waals surface area contributed by atoms with Gasteiger partial charge in [-0.2, -0.15) is 4.98 Å². The van der Waals surface area contributed by atoms with Gasteiger partial charge in [-0.25, -0.2) is 4.98 Å². The zero-order chi connectivity index (χ0) is 28.3. The van der Waals surface area contributed by atoms with Gasteiger partial charge in [-0.3, -0.25) is 9.59 Å². The predicted octanol–water partition coefficient (Wildman–Crippen LogP) is 4.24. The molecule has 5 rings (SSSR count). The van der Waals surface area contributed by atoms with E-state index in [0.717, 1.165) is 31.6 Å². The maximum absolute atomic E-state index is 13.5. The number of hydrogen-bond donors (Lipinski definition) is 3. The molecule has 40 heavy (non-hydrogen) atoms. The molecule has 10 nitrogen and oxygen atoms in total. The lowest BCUT2D eigenvalue weighted by molar-refractivity contribution is -0.126. The highest BCUT2D eigenvalue weighted by molar-refractivity contribution is 6.02. The van der Waals surface area contributed by atoms with E-state index in [4.69, 9.17) is 9.72 Å². The molecular weight excluding hydrogens is 506 g/mol. The highest BCUT2D eigenvalue weighted by Crippen LogP contribution is 2.42. The largest absolute Gasteiger partial charge is 0.495 e. The van der Waals surface area contributed by atoms with E-state index in [0.29, 0.717) is 47.4 Å². The predicted molar refractivity (Wildman–Crippen MR) is 157 cm³/mol. The molecule has 2 aromatic carbocycles. The number of nitrogens with zero attached hydrogens (tertiary/aromatic N) is 4. The maximum atomic E-state index is 13.5. The van der Waals surface area contributed by atoms with Crippen LogP contribution in [0.2, 0.25) is 0 Å². The van der Waals surface area contributed by atoms with Crippen LogP contribution in [0.4, 0.5) is 28.8 Å². The van der Waals surface area contributed by atoms with Crippen LogP contribution in [0.15, 0.2) is 54.7 Å². The molecule has 3 aromatic rings. The van der Waals surface area contributed by atoms with Crippen molar-refractivity contribution in [2.75, 3.05) is 48.9 Å². The number of hydrogen-bond acceptors (Lipinski definition) is 8. The first kappa shape index (κ1) is 27.4. The number of methoxy groups -OCH3 is 1. The molecule has 0 bridgehead atoms. The third-order valence-electron chi connectivity index (χ3n) is 7.89. The van der Waals surface area contributed by atoms with Crippen molar-refractivity contribution in [1.82, 2.24) is 20.6 Å². The molecule has 2 atom stereocenters. The Kier molecular flexibility index (Phi) is 7.88. The molecule has 10 heteroatoms. The molecular formula is C30H37N7O3. The molecule has 0 saturated carbocycles. The van der Waals surface area contributed by atoms with Gasteiger partial charge in [0.25, 0.3) is 5.91 Å². The lowest BCUT2D eigenvalue weighted by Gasteiger charge is -2.32. The number of amides is 2. The van der Waals surface area contributed by atoms with Crippen molar-refractivity contribution >= 4 is 40.6 Å². The van der Waals surface area contributed by atoms with E-state index in [-0.39, 0.29) is 17.9 Å². The van der Waals surface area contributed by atoms with Crippen molar-refractivity contribution < 1.29 is 14.3 Å². The van der Waals surface area contributed by atoms with Crippen LogP contribution in [0.3, 0.4) is 0 Å². The molecule has 3 heterocycles. The standard InChI is InChI=1S/C30H37N7O3/c1-5-30(2)19-37(22-11-7-6-8-12-22)26-24(36(3)28(30)39)18-32-29(35-26)34-23-14-13-20(16-25(23)40-4)27(38)33-21-10-9-15-31-17-21/h6-8,11-14,16,18,21,31H,5,9-10,15,17,19H2,1-4H3,(H,33,38)(H,32,34,35)/t21-,30-/m0/s1. The van der Waals surface area contributed by atoms with Gasteiger partial charge in [0, 0.05) is 37.4 Å². The molecule has 1 saturated heterocycles. The van der Waals surface area contributed by atoms with E-state index in [1.807, 2.05) is 44.2 Å². The van der Waals surface area contributed by atoms with Crippen LogP contribution in [0.1, 0.15) is 43.5 Å².